The zero-order valence-electron chi connectivity index (χ0n) is 16.2. The Morgan fingerprint density at radius 1 is 1.07 bits per heavy atom. The maximum atomic E-state index is 13.9. The van der Waals surface area contributed by atoms with Gasteiger partial charge in [-0.25, -0.2) is 13.2 Å². The van der Waals surface area contributed by atoms with E-state index in [0.29, 0.717) is 4.90 Å². The Labute approximate surface area is 164 Å². The summed E-state index contributed by atoms with van der Waals surface area (Å²) in [6.07, 6.45) is -5.93. The molecule has 0 bridgehead atoms. The van der Waals surface area contributed by atoms with Crippen molar-refractivity contribution in [3.8, 4) is 0 Å². The van der Waals surface area contributed by atoms with E-state index in [1.807, 2.05) is 0 Å². The summed E-state index contributed by atoms with van der Waals surface area (Å²) in [6.45, 7) is 6.39. The highest BCUT2D eigenvalue weighted by molar-refractivity contribution is 7.86. The number of ether oxygens (including phenoxy) is 2. The van der Waals surface area contributed by atoms with E-state index in [9.17, 15) is 44.5 Å². The maximum Gasteiger partial charge on any atom is 0.466 e. The largest absolute Gasteiger partial charge is 0.743 e. The van der Waals surface area contributed by atoms with E-state index >= 15 is 0 Å². The molecular formula is C15H21F5NO7S-. The molecule has 0 heterocycles. The van der Waals surface area contributed by atoms with Crippen LogP contribution in [-0.2, 0) is 29.2 Å². The van der Waals surface area contributed by atoms with E-state index in [2.05, 4.69) is 16.1 Å². The van der Waals surface area contributed by atoms with Gasteiger partial charge in [0.05, 0.1) is 0 Å². The molecule has 0 aliphatic rings. The fourth-order valence-corrected chi connectivity index (χ4v) is 2.31. The van der Waals surface area contributed by atoms with Crippen LogP contribution in [0.2, 0.25) is 0 Å². The van der Waals surface area contributed by atoms with Gasteiger partial charge in [-0.3, -0.25) is 4.79 Å². The fraction of sp³-hybridized carbons (Fsp3) is 0.733. The molecule has 0 aromatic rings. The van der Waals surface area contributed by atoms with Crippen LogP contribution >= 0.6 is 0 Å². The van der Waals surface area contributed by atoms with Gasteiger partial charge in [0.2, 0.25) is 0 Å². The number of hydrogen-bond donors (Lipinski definition) is 0. The number of carbonyl (C=O) groups excluding carboxylic acids is 2. The zero-order valence-corrected chi connectivity index (χ0v) is 17.0. The van der Waals surface area contributed by atoms with Crippen molar-refractivity contribution in [2.24, 2.45) is 0 Å². The molecule has 0 aromatic carbocycles. The van der Waals surface area contributed by atoms with Crippen molar-refractivity contribution in [2.45, 2.75) is 63.9 Å². The van der Waals surface area contributed by atoms with Gasteiger partial charge in [0.25, 0.3) is 0 Å². The van der Waals surface area contributed by atoms with Gasteiger partial charge in [0, 0.05) is 17.7 Å². The molecule has 0 saturated carbocycles. The number of rotatable bonds is 9. The Morgan fingerprint density at radius 2 is 1.48 bits per heavy atom. The van der Waals surface area contributed by atoms with Crippen LogP contribution in [-0.4, -0.2) is 65.7 Å². The Morgan fingerprint density at radius 3 is 1.76 bits per heavy atom. The predicted molar refractivity (Wildman–Crippen MR) is 87.4 cm³/mol. The Kier molecular flexibility index (Phi) is 8.36. The molecule has 14 heteroatoms. The molecule has 0 fully saturated rings. The van der Waals surface area contributed by atoms with E-state index in [-0.39, 0.29) is 0 Å². The summed E-state index contributed by atoms with van der Waals surface area (Å²) < 4.78 is 108. The first kappa shape index (κ1) is 27.2. The van der Waals surface area contributed by atoms with Gasteiger partial charge in [-0.05, 0) is 34.6 Å². The van der Waals surface area contributed by atoms with Crippen molar-refractivity contribution in [3.05, 3.63) is 12.2 Å². The second-order valence-electron chi connectivity index (χ2n) is 6.56. The average Bonchev–Trinajstić information content (AvgIpc) is 2.47. The van der Waals surface area contributed by atoms with Gasteiger partial charge >= 0.3 is 29.1 Å². The van der Waals surface area contributed by atoms with Crippen molar-refractivity contribution in [1.29, 1.82) is 0 Å². The standard InChI is InChI=1S/C15H22F5NO7S/c1-8(2)11(22)28-14(15(18,19)20,12(23)21(9(3)4)10(5)6)27-7-13(16,17)29(24,25)26/h9-10H,1,7H2,2-6H3,(H,24,25,26)/p-1. The second kappa shape index (κ2) is 8.92. The SMILES string of the molecule is C=C(C)C(=O)OC(OCC(F)(F)S(=O)(=O)[O-])(C(=O)N(C(C)C)C(C)C)C(F)(F)F. The van der Waals surface area contributed by atoms with Gasteiger partial charge in [0.15, 0.2) is 10.1 Å². The van der Waals surface area contributed by atoms with Crippen molar-refractivity contribution >= 4 is 22.0 Å². The molecule has 1 amide bonds. The molecule has 29 heavy (non-hydrogen) atoms. The quantitative estimate of drug-likeness (QED) is 0.173. The molecule has 0 radical (unpaired) electrons. The molecule has 0 rings (SSSR count). The van der Waals surface area contributed by atoms with E-state index in [1.165, 1.54) is 27.7 Å². The van der Waals surface area contributed by atoms with Crippen LogP contribution in [0.3, 0.4) is 0 Å². The molecule has 8 nitrogen and oxygen atoms in total. The summed E-state index contributed by atoms with van der Waals surface area (Å²) in [5.41, 5.74) is -0.640. The smallest absolute Gasteiger partial charge is 0.466 e. The van der Waals surface area contributed by atoms with Gasteiger partial charge in [-0.1, -0.05) is 6.58 Å². The lowest BCUT2D eigenvalue weighted by Crippen LogP contribution is -2.65. The van der Waals surface area contributed by atoms with Crippen LogP contribution in [0.1, 0.15) is 34.6 Å². The molecule has 0 aliphatic carbocycles. The van der Waals surface area contributed by atoms with Crippen LogP contribution < -0.4 is 0 Å². The molecule has 0 saturated heterocycles. The van der Waals surface area contributed by atoms with Crippen molar-refractivity contribution in [2.75, 3.05) is 6.61 Å². The highest BCUT2D eigenvalue weighted by atomic mass is 32.2. The van der Waals surface area contributed by atoms with Crippen LogP contribution in [0.25, 0.3) is 0 Å². The lowest BCUT2D eigenvalue weighted by Gasteiger charge is -2.40. The van der Waals surface area contributed by atoms with E-state index in [4.69, 9.17) is 0 Å². The number of alkyl halides is 5. The third-order valence-corrected chi connectivity index (χ3v) is 4.25. The minimum Gasteiger partial charge on any atom is -0.743 e. The highest BCUT2D eigenvalue weighted by Crippen LogP contribution is 2.39. The minimum atomic E-state index is -6.45. The normalized spacial score (nSPS) is 15.2. The van der Waals surface area contributed by atoms with Gasteiger partial charge < -0.3 is 18.9 Å². The molecular weight excluding hydrogens is 433 g/mol. The van der Waals surface area contributed by atoms with Gasteiger partial charge in [-0.15, -0.1) is 0 Å². The maximum absolute atomic E-state index is 13.9. The molecule has 0 aliphatic heterocycles. The number of amides is 1. The molecule has 0 aromatic heterocycles. The topological polar surface area (TPSA) is 113 Å². The Hall–Kier alpha value is -1.80. The highest BCUT2D eigenvalue weighted by Gasteiger charge is 2.68. The van der Waals surface area contributed by atoms with Crippen LogP contribution in [0.4, 0.5) is 22.0 Å². The summed E-state index contributed by atoms with van der Waals surface area (Å²) >= 11 is 0. The molecule has 0 spiro atoms. The minimum absolute atomic E-state index is 0.531. The second-order valence-corrected chi connectivity index (χ2v) is 8.07. The van der Waals surface area contributed by atoms with Crippen molar-refractivity contribution < 1.29 is 54.0 Å². The first-order chi connectivity index (χ1) is 12.7. The number of hydrogen-bond acceptors (Lipinski definition) is 7. The Balaban J connectivity index is 6.61. The lowest BCUT2D eigenvalue weighted by molar-refractivity contribution is -0.356. The van der Waals surface area contributed by atoms with Crippen molar-refractivity contribution in [3.63, 3.8) is 0 Å². The number of carbonyl (C=O) groups is 2. The third kappa shape index (κ3) is 6.09. The summed E-state index contributed by atoms with van der Waals surface area (Å²) in [4.78, 5) is 25.0. The monoisotopic (exact) mass is 454 g/mol. The lowest BCUT2D eigenvalue weighted by atomic mass is 10.1. The summed E-state index contributed by atoms with van der Waals surface area (Å²) in [7, 11) is -6.45. The van der Waals surface area contributed by atoms with E-state index < -0.39 is 63.5 Å². The number of esters is 1. The summed E-state index contributed by atoms with van der Waals surface area (Å²) in [5.74, 6) is -8.56. The van der Waals surface area contributed by atoms with Crippen LogP contribution in [0.15, 0.2) is 12.2 Å². The zero-order chi connectivity index (χ0) is 23.6. The summed E-state index contributed by atoms with van der Waals surface area (Å²) in [5, 5.41) is -5.35. The van der Waals surface area contributed by atoms with E-state index in [1.54, 1.807) is 0 Å². The first-order valence-corrected chi connectivity index (χ1v) is 9.37. The molecule has 170 valence electrons. The molecule has 1 unspecified atom stereocenters. The Bertz CT molecular complexity index is 741. The van der Waals surface area contributed by atoms with Crippen LogP contribution in [0, 0.1) is 0 Å². The summed E-state index contributed by atoms with van der Waals surface area (Å²) in [6, 6.07) is -1.89. The third-order valence-electron chi connectivity index (χ3n) is 3.40. The predicted octanol–water partition coefficient (Wildman–Crippen LogP) is 2.16. The van der Waals surface area contributed by atoms with E-state index in [0.717, 1.165) is 6.92 Å². The number of nitrogens with zero attached hydrogens (tertiary/aromatic N) is 1. The van der Waals surface area contributed by atoms with Gasteiger partial charge in [-0.2, -0.15) is 22.0 Å². The van der Waals surface area contributed by atoms with Gasteiger partial charge in [0.1, 0.15) is 6.61 Å². The van der Waals surface area contributed by atoms with Crippen molar-refractivity contribution in [1.82, 2.24) is 4.90 Å². The number of halogens is 5. The fourth-order valence-electron chi connectivity index (χ4n) is 2.11. The average molecular weight is 454 g/mol. The first-order valence-electron chi connectivity index (χ1n) is 7.96. The molecule has 1 atom stereocenters. The molecule has 0 N–H and O–H groups in total. The van der Waals surface area contributed by atoms with Crippen LogP contribution in [0.5, 0.6) is 0 Å².